The van der Waals surface area contributed by atoms with Crippen molar-refractivity contribution in [3.63, 3.8) is 0 Å². The molecule has 10 nitrogen and oxygen atoms in total. The molecule has 0 amide bonds. The second kappa shape index (κ2) is 7.37. The lowest BCUT2D eigenvalue weighted by Crippen LogP contribution is -2.33. The summed E-state index contributed by atoms with van der Waals surface area (Å²) >= 11 is 1.44. The Morgan fingerprint density at radius 1 is 1.15 bits per heavy atom. The van der Waals surface area contributed by atoms with Crippen LogP contribution in [0.5, 0.6) is 0 Å². The van der Waals surface area contributed by atoms with Crippen molar-refractivity contribution in [3.8, 4) is 0 Å². The number of aliphatic hydroxyl groups excluding tert-OH is 3. The average Bonchev–Trinajstić information content (AvgIpc) is 3.22. The Labute approximate surface area is 158 Å². The van der Waals surface area contributed by atoms with Gasteiger partial charge in [-0.05, 0) is 5.56 Å². The van der Waals surface area contributed by atoms with Crippen molar-refractivity contribution in [2.45, 2.75) is 35.3 Å². The van der Waals surface area contributed by atoms with Crippen molar-refractivity contribution in [1.82, 2.24) is 25.0 Å². The van der Waals surface area contributed by atoms with Gasteiger partial charge in [0.05, 0.1) is 6.61 Å². The maximum atomic E-state index is 10.2. The molecule has 1 saturated heterocycles. The lowest BCUT2D eigenvalue weighted by atomic mass is 10.1. The highest BCUT2D eigenvalue weighted by molar-refractivity contribution is 7.98. The van der Waals surface area contributed by atoms with Gasteiger partial charge >= 0.3 is 0 Å². The summed E-state index contributed by atoms with van der Waals surface area (Å²) in [4.78, 5) is 8.40. The van der Waals surface area contributed by atoms with Crippen LogP contribution >= 0.6 is 11.8 Å². The van der Waals surface area contributed by atoms with Crippen molar-refractivity contribution in [2.24, 2.45) is 0 Å². The highest BCUT2D eigenvalue weighted by Crippen LogP contribution is 2.33. The van der Waals surface area contributed by atoms with Crippen LogP contribution < -0.4 is 5.73 Å². The van der Waals surface area contributed by atoms with Crippen LogP contribution in [0.3, 0.4) is 0 Å². The van der Waals surface area contributed by atoms with E-state index in [0.29, 0.717) is 16.3 Å². The predicted molar refractivity (Wildman–Crippen MR) is 96.5 cm³/mol. The molecule has 11 heteroatoms. The van der Waals surface area contributed by atoms with E-state index in [1.807, 2.05) is 30.3 Å². The van der Waals surface area contributed by atoms with E-state index in [-0.39, 0.29) is 11.6 Å². The Kier molecular flexibility index (Phi) is 4.93. The van der Waals surface area contributed by atoms with Crippen LogP contribution in [0.25, 0.3) is 11.2 Å². The molecule has 1 fully saturated rings. The molecule has 2 aromatic heterocycles. The smallest absolute Gasteiger partial charge is 0.223 e. The molecule has 0 bridgehead atoms. The third kappa shape index (κ3) is 3.35. The zero-order valence-corrected chi connectivity index (χ0v) is 14.9. The monoisotopic (exact) mass is 390 g/mol. The summed E-state index contributed by atoms with van der Waals surface area (Å²) in [6.45, 7) is -0.434. The number of aliphatic hydroxyl groups is 3. The molecule has 27 heavy (non-hydrogen) atoms. The van der Waals surface area contributed by atoms with E-state index < -0.39 is 31.1 Å². The standard InChI is InChI=1S/C16H18N6O4S/c17-16-18-13-10(14(19-16)27-7-8-4-2-1-3-5-8)20-21-22(13)15-12(25)11(24)9(6-23)26-15/h1-5,9,11-12,15,23-25H,6-7H2,(H2,17,18,19). The maximum absolute atomic E-state index is 10.2. The van der Waals surface area contributed by atoms with Gasteiger partial charge in [0.2, 0.25) is 5.95 Å². The summed E-state index contributed by atoms with van der Waals surface area (Å²) in [5.41, 5.74) is 7.66. The number of thioether (sulfide) groups is 1. The van der Waals surface area contributed by atoms with Crippen molar-refractivity contribution < 1.29 is 20.1 Å². The van der Waals surface area contributed by atoms with E-state index in [1.54, 1.807) is 0 Å². The zero-order valence-electron chi connectivity index (χ0n) is 14.1. The van der Waals surface area contributed by atoms with Gasteiger partial charge in [-0.15, -0.1) is 5.10 Å². The highest BCUT2D eigenvalue weighted by atomic mass is 32.2. The highest BCUT2D eigenvalue weighted by Gasteiger charge is 2.44. The summed E-state index contributed by atoms with van der Waals surface area (Å²) in [7, 11) is 0. The lowest BCUT2D eigenvalue weighted by Gasteiger charge is -2.14. The Balaban J connectivity index is 1.66. The molecule has 0 saturated carbocycles. The number of nitrogens with two attached hydrogens (primary N) is 1. The van der Waals surface area contributed by atoms with Gasteiger partial charge < -0.3 is 25.8 Å². The van der Waals surface area contributed by atoms with Gasteiger partial charge in [-0.3, -0.25) is 0 Å². The van der Waals surface area contributed by atoms with Gasteiger partial charge in [0.25, 0.3) is 0 Å². The van der Waals surface area contributed by atoms with Gasteiger partial charge in [-0.2, -0.15) is 9.67 Å². The van der Waals surface area contributed by atoms with Crippen molar-refractivity contribution in [1.29, 1.82) is 0 Å². The molecule has 5 N–H and O–H groups in total. The Bertz CT molecular complexity index is 939. The minimum absolute atomic E-state index is 0.0355. The lowest BCUT2D eigenvalue weighted by molar-refractivity contribution is -0.0574. The van der Waals surface area contributed by atoms with Crippen molar-refractivity contribution in [3.05, 3.63) is 35.9 Å². The first-order valence-corrected chi connectivity index (χ1v) is 9.24. The summed E-state index contributed by atoms with van der Waals surface area (Å²) in [6, 6.07) is 9.87. The number of rotatable bonds is 5. The van der Waals surface area contributed by atoms with Crippen LogP contribution in [-0.2, 0) is 10.5 Å². The number of ether oxygens (including phenoxy) is 1. The van der Waals surface area contributed by atoms with Crippen LogP contribution in [0, 0.1) is 0 Å². The van der Waals surface area contributed by atoms with E-state index in [1.165, 1.54) is 16.4 Å². The number of fused-ring (bicyclic) bond motifs is 1. The normalized spacial score (nSPS) is 25.3. The minimum Gasteiger partial charge on any atom is -0.394 e. The summed E-state index contributed by atoms with van der Waals surface area (Å²) in [5.74, 6) is 0.695. The molecule has 4 rings (SSSR count). The second-order valence-corrected chi connectivity index (χ2v) is 7.06. The fourth-order valence-electron chi connectivity index (χ4n) is 2.90. The average molecular weight is 390 g/mol. The molecule has 3 heterocycles. The first-order valence-electron chi connectivity index (χ1n) is 8.26. The Morgan fingerprint density at radius 3 is 2.63 bits per heavy atom. The molecule has 0 radical (unpaired) electrons. The van der Waals surface area contributed by atoms with E-state index >= 15 is 0 Å². The molecular formula is C16H18N6O4S. The van der Waals surface area contributed by atoms with Gasteiger partial charge in [-0.25, -0.2) is 4.98 Å². The van der Waals surface area contributed by atoms with E-state index in [0.717, 1.165) is 5.56 Å². The number of hydrogen-bond donors (Lipinski definition) is 4. The predicted octanol–water partition coefficient (Wildman–Crippen LogP) is -0.293. The molecule has 0 spiro atoms. The Morgan fingerprint density at radius 2 is 1.93 bits per heavy atom. The van der Waals surface area contributed by atoms with Gasteiger partial charge in [0.15, 0.2) is 17.4 Å². The minimum atomic E-state index is -1.29. The van der Waals surface area contributed by atoms with Crippen LogP contribution in [0.4, 0.5) is 5.95 Å². The van der Waals surface area contributed by atoms with Crippen LogP contribution in [0.1, 0.15) is 11.8 Å². The van der Waals surface area contributed by atoms with E-state index in [2.05, 4.69) is 20.3 Å². The first kappa shape index (κ1) is 18.1. The zero-order chi connectivity index (χ0) is 19.0. The topological polar surface area (TPSA) is 152 Å². The van der Waals surface area contributed by atoms with Crippen molar-refractivity contribution in [2.75, 3.05) is 12.3 Å². The molecule has 4 unspecified atom stereocenters. The number of nitrogen functional groups attached to an aromatic ring is 1. The molecule has 1 aliphatic heterocycles. The fourth-order valence-corrected chi connectivity index (χ4v) is 3.82. The van der Waals surface area contributed by atoms with Gasteiger partial charge in [-0.1, -0.05) is 47.3 Å². The number of benzene rings is 1. The van der Waals surface area contributed by atoms with Crippen molar-refractivity contribution >= 4 is 28.9 Å². The molecular weight excluding hydrogens is 372 g/mol. The molecule has 4 atom stereocenters. The van der Waals surface area contributed by atoms with Crippen LogP contribution in [0.15, 0.2) is 35.4 Å². The second-order valence-electron chi connectivity index (χ2n) is 6.10. The number of hydrogen-bond acceptors (Lipinski definition) is 10. The van der Waals surface area contributed by atoms with Gasteiger partial charge in [0.1, 0.15) is 23.3 Å². The number of aromatic nitrogens is 5. The van der Waals surface area contributed by atoms with Crippen LogP contribution in [0.2, 0.25) is 0 Å². The summed E-state index contributed by atoms with van der Waals surface area (Å²) < 4.78 is 6.75. The van der Waals surface area contributed by atoms with Crippen LogP contribution in [-0.4, -0.2) is 65.2 Å². The van der Waals surface area contributed by atoms with E-state index in [4.69, 9.17) is 10.5 Å². The third-order valence-electron chi connectivity index (χ3n) is 4.29. The maximum Gasteiger partial charge on any atom is 0.223 e. The molecule has 1 aliphatic rings. The molecule has 142 valence electrons. The molecule has 0 aliphatic carbocycles. The number of anilines is 1. The Hall–Kier alpha value is -2.31. The summed E-state index contributed by atoms with van der Waals surface area (Å²) in [6.07, 6.45) is -4.49. The van der Waals surface area contributed by atoms with Gasteiger partial charge in [0, 0.05) is 5.75 Å². The fraction of sp³-hybridized carbons (Fsp3) is 0.375. The quantitative estimate of drug-likeness (QED) is 0.337. The molecule has 1 aromatic carbocycles. The summed E-state index contributed by atoms with van der Waals surface area (Å²) in [5, 5.41) is 38.1. The third-order valence-corrected chi connectivity index (χ3v) is 5.32. The largest absolute Gasteiger partial charge is 0.394 e. The first-order chi connectivity index (χ1) is 13.1. The molecule has 3 aromatic rings. The number of nitrogens with zero attached hydrogens (tertiary/aromatic N) is 5. The SMILES string of the molecule is Nc1nc(SCc2ccccc2)c2nnn(C3OC(CO)C(O)C3O)c2n1. The van der Waals surface area contributed by atoms with E-state index in [9.17, 15) is 15.3 Å².